The molecule has 0 fully saturated rings. The minimum absolute atomic E-state index is 0.261. The Morgan fingerprint density at radius 1 is 1.12 bits per heavy atom. The van der Waals surface area contributed by atoms with Crippen molar-refractivity contribution in [3.8, 4) is 0 Å². The largest absolute Gasteiger partial charge is 0.467 e. The number of rotatable bonds is 5. The molecule has 2 aromatic heterocycles. The summed E-state index contributed by atoms with van der Waals surface area (Å²) in [6.45, 7) is 4.54. The Hall–Kier alpha value is -3.15. The van der Waals surface area contributed by atoms with Crippen LogP contribution in [0.3, 0.4) is 0 Å². The molecule has 0 saturated carbocycles. The topological polar surface area (TPSA) is 80.0 Å². The molecule has 6 nitrogen and oxygen atoms in total. The fourth-order valence-corrected chi connectivity index (χ4v) is 2.14. The van der Waals surface area contributed by atoms with Crippen molar-refractivity contribution in [3.63, 3.8) is 0 Å². The number of benzene rings is 1. The molecule has 122 valence electrons. The zero-order valence-electron chi connectivity index (χ0n) is 13.5. The van der Waals surface area contributed by atoms with Crippen molar-refractivity contribution in [1.82, 2.24) is 9.97 Å². The van der Waals surface area contributed by atoms with Gasteiger partial charge in [-0.25, -0.2) is 9.97 Å². The van der Waals surface area contributed by atoms with Gasteiger partial charge in [-0.3, -0.25) is 4.79 Å². The highest BCUT2D eigenvalue weighted by atomic mass is 16.3. The Bertz CT molecular complexity index is 827. The van der Waals surface area contributed by atoms with E-state index in [1.54, 1.807) is 6.26 Å². The van der Waals surface area contributed by atoms with Crippen LogP contribution in [0.5, 0.6) is 0 Å². The summed E-state index contributed by atoms with van der Waals surface area (Å²) in [7, 11) is 0. The predicted molar refractivity (Wildman–Crippen MR) is 91.9 cm³/mol. The number of nitrogens with zero attached hydrogens (tertiary/aromatic N) is 2. The number of furan rings is 1. The van der Waals surface area contributed by atoms with Crippen molar-refractivity contribution < 1.29 is 9.21 Å². The van der Waals surface area contributed by atoms with Crippen LogP contribution in [0.15, 0.2) is 53.4 Å². The molecular weight excluding hydrogens is 304 g/mol. The molecule has 6 heteroatoms. The molecule has 2 heterocycles. The van der Waals surface area contributed by atoms with E-state index in [4.69, 9.17) is 4.42 Å². The van der Waals surface area contributed by atoms with Gasteiger partial charge in [-0.05, 0) is 49.2 Å². The summed E-state index contributed by atoms with van der Waals surface area (Å²) in [6.07, 6.45) is 4.59. The van der Waals surface area contributed by atoms with E-state index >= 15 is 0 Å². The van der Waals surface area contributed by atoms with Gasteiger partial charge in [-0.2, -0.15) is 0 Å². The lowest BCUT2D eigenvalue weighted by molar-refractivity contribution is 0.102. The molecule has 0 saturated heterocycles. The normalized spacial score (nSPS) is 10.4. The van der Waals surface area contributed by atoms with E-state index in [0.717, 1.165) is 17.0 Å². The summed E-state index contributed by atoms with van der Waals surface area (Å²) in [5.41, 5.74) is 3.30. The highest BCUT2D eigenvalue weighted by Gasteiger charge is 2.09. The van der Waals surface area contributed by atoms with Gasteiger partial charge in [0.25, 0.3) is 5.91 Å². The molecule has 0 radical (unpaired) electrons. The maximum Gasteiger partial charge on any atom is 0.275 e. The van der Waals surface area contributed by atoms with Gasteiger partial charge in [-0.1, -0.05) is 6.07 Å². The molecule has 0 aliphatic carbocycles. The standard InChI is InChI=1S/C18H18N4O2/c1-12-5-6-14(8-13(12)2)22-18(23)16-10-21-17(11-19-16)20-9-15-4-3-7-24-15/h3-8,10-11H,9H2,1-2H3,(H,20,21)(H,22,23). The summed E-state index contributed by atoms with van der Waals surface area (Å²) in [4.78, 5) is 20.6. The highest BCUT2D eigenvalue weighted by molar-refractivity contribution is 6.02. The Balaban J connectivity index is 1.61. The van der Waals surface area contributed by atoms with Crippen molar-refractivity contribution >= 4 is 17.4 Å². The third kappa shape index (κ3) is 3.78. The third-order valence-corrected chi connectivity index (χ3v) is 3.67. The van der Waals surface area contributed by atoms with E-state index in [1.807, 2.05) is 44.2 Å². The van der Waals surface area contributed by atoms with Crippen molar-refractivity contribution in [2.24, 2.45) is 0 Å². The Morgan fingerprint density at radius 3 is 2.67 bits per heavy atom. The molecule has 0 aliphatic heterocycles. The Morgan fingerprint density at radius 2 is 2.00 bits per heavy atom. The first-order valence-corrected chi connectivity index (χ1v) is 7.59. The summed E-state index contributed by atoms with van der Waals surface area (Å²) in [5.74, 6) is 1.09. The minimum Gasteiger partial charge on any atom is -0.467 e. The summed E-state index contributed by atoms with van der Waals surface area (Å²) in [5, 5.41) is 5.90. The van der Waals surface area contributed by atoms with Gasteiger partial charge in [0, 0.05) is 5.69 Å². The van der Waals surface area contributed by atoms with Gasteiger partial charge in [0.2, 0.25) is 0 Å². The van der Waals surface area contributed by atoms with Crippen LogP contribution in [-0.4, -0.2) is 15.9 Å². The van der Waals surface area contributed by atoms with Crippen LogP contribution in [0.1, 0.15) is 27.4 Å². The molecule has 24 heavy (non-hydrogen) atoms. The maximum absolute atomic E-state index is 12.2. The van der Waals surface area contributed by atoms with E-state index in [-0.39, 0.29) is 11.6 Å². The van der Waals surface area contributed by atoms with Crippen molar-refractivity contribution in [2.45, 2.75) is 20.4 Å². The zero-order chi connectivity index (χ0) is 16.9. The first-order valence-electron chi connectivity index (χ1n) is 7.59. The van der Waals surface area contributed by atoms with Crippen molar-refractivity contribution in [2.75, 3.05) is 10.6 Å². The zero-order valence-corrected chi connectivity index (χ0v) is 13.5. The summed E-state index contributed by atoms with van der Waals surface area (Å²) in [6, 6.07) is 9.46. The van der Waals surface area contributed by atoms with E-state index < -0.39 is 0 Å². The Kier molecular flexibility index (Phi) is 4.56. The highest BCUT2D eigenvalue weighted by Crippen LogP contribution is 2.15. The van der Waals surface area contributed by atoms with Gasteiger partial charge in [0.05, 0.1) is 25.2 Å². The van der Waals surface area contributed by atoms with Gasteiger partial charge < -0.3 is 15.1 Å². The average Bonchev–Trinajstić information content (AvgIpc) is 3.10. The second-order valence-corrected chi connectivity index (χ2v) is 5.47. The van der Waals surface area contributed by atoms with Crippen molar-refractivity contribution in [3.05, 3.63) is 71.6 Å². The lowest BCUT2D eigenvalue weighted by Crippen LogP contribution is -2.14. The van der Waals surface area contributed by atoms with Gasteiger partial charge in [-0.15, -0.1) is 0 Å². The summed E-state index contributed by atoms with van der Waals surface area (Å²) >= 11 is 0. The molecule has 2 N–H and O–H groups in total. The van der Waals surface area contributed by atoms with Crippen LogP contribution < -0.4 is 10.6 Å². The number of anilines is 2. The van der Waals surface area contributed by atoms with Crippen LogP contribution in [0.4, 0.5) is 11.5 Å². The second-order valence-electron chi connectivity index (χ2n) is 5.47. The van der Waals surface area contributed by atoms with Crippen LogP contribution in [0.2, 0.25) is 0 Å². The number of hydrogen-bond acceptors (Lipinski definition) is 5. The quantitative estimate of drug-likeness (QED) is 0.751. The number of carbonyl (C=O) groups is 1. The van der Waals surface area contributed by atoms with Gasteiger partial charge in [0.1, 0.15) is 17.3 Å². The lowest BCUT2D eigenvalue weighted by Gasteiger charge is -2.08. The fourth-order valence-electron chi connectivity index (χ4n) is 2.14. The number of aromatic nitrogens is 2. The van der Waals surface area contributed by atoms with E-state index in [2.05, 4.69) is 20.6 Å². The fraction of sp³-hybridized carbons (Fsp3) is 0.167. The number of aryl methyl sites for hydroxylation is 2. The molecule has 0 spiro atoms. The van der Waals surface area contributed by atoms with Crippen LogP contribution >= 0.6 is 0 Å². The number of amides is 1. The summed E-state index contributed by atoms with van der Waals surface area (Å²) < 4.78 is 5.23. The molecule has 0 unspecified atom stereocenters. The first-order chi connectivity index (χ1) is 11.6. The molecule has 1 amide bonds. The van der Waals surface area contributed by atoms with E-state index in [1.165, 1.54) is 18.0 Å². The molecule has 3 aromatic rings. The number of carbonyl (C=O) groups excluding carboxylic acids is 1. The van der Waals surface area contributed by atoms with Crippen LogP contribution in [-0.2, 0) is 6.54 Å². The van der Waals surface area contributed by atoms with Crippen molar-refractivity contribution in [1.29, 1.82) is 0 Å². The molecule has 3 rings (SSSR count). The molecule has 0 atom stereocenters. The van der Waals surface area contributed by atoms with E-state index in [9.17, 15) is 4.79 Å². The first kappa shape index (κ1) is 15.7. The molecular formula is C18H18N4O2. The van der Waals surface area contributed by atoms with Crippen LogP contribution in [0, 0.1) is 13.8 Å². The average molecular weight is 322 g/mol. The predicted octanol–water partition coefficient (Wildman–Crippen LogP) is 3.55. The lowest BCUT2D eigenvalue weighted by atomic mass is 10.1. The van der Waals surface area contributed by atoms with Gasteiger partial charge >= 0.3 is 0 Å². The van der Waals surface area contributed by atoms with Gasteiger partial charge in [0.15, 0.2) is 0 Å². The molecule has 0 aliphatic rings. The minimum atomic E-state index is -0.289. The Labute approximate surface area is 140 Å². The maximum atomic E-state index is 12.2. The number of nitrogens with one attached hydrogen (secondary N) is 2. The third-order valence-electron chi connectivity index (χ3n) is 3.67. The smallest absolute Gasteiger partial charge is 0.275 e. The van der Waals surface area contributed by atoms with E-state index in [0.29, 0.717) is 12.4 Å². The molecule has 0 bridgehead atoms. The van der Waals surface area contributed by atoms with Crippen LogP contribution in [0.25, 0.3) is 0 Å². The molecule has 1 aromatic carbocycles. The SMILES string of the molecule is Cc1ccc(NC(=O)c2cnc(NCc3ccco3)cn2)cc1C. The monoisotopic (exact) mass is 322 g/mol. The second kappa shape index (κ2) is 6.95. The number of hydrogen-bond donors (Lipinski definition) is 2.